The van der Waals surface area contributed by atoms with Gasteiger partial charge in [-0.25, -0.2) is 4.98 Å². The Morgan fingerprint density at radius 2 is 2.00 bits per heavy atom. The third kappa shape index (κ3) is 9.06. The summed E-state index contributed by atoms with van der Waals surface area (Å²) in [5.74, 6) is -0.547. The number of aromatic nitrogens is 2. The highest BCUT2D eigenvalue weighted by atomic mass is 16.5. The van der Waals surface area contributed by atoms with Gasteiger partial charge in [0.25, 0.3) is 5.91 Å². The number of nitrogens with two attached hydrogens (primary N) is 1. The monoisotopic (exact) mass is 537 g/mol. The van der Waals surface area contributed by atoms with E-state index in [1.165, 1.54) is 17.4 Å². The lowest BCUT2D eigenvalue weighted by atomic mass is 10.1. The molecule has 1 fully saturated rings. The summed E-state index contributed by atoms with van der Waals surface area (Å²) in [5, 5.41) is 5.99. The second kappa shape index (κ2) is 14.2. The van der Waals surface area contributed by atoms with Crippen LogP contribution in [0, 0.1) is 0 Å². The Morgan fingerprint density at radius 1 is 1.23 bits per heavy atom. The zero-order chi connectivity index (χ0) is 28.4. The molecular formula is C28H39N7O4. The highest BCUT2D eigenvalue weighted by Gasteiger charge is 2.19. The van der Waals surface area contributed by atoms with E-state index in [9.17, 15) is 14.4 Å². The fourth-order valence-corrected chi connectivity index (χ4v) is 3.89. The molecule has 0 spiro atoms. The van der Waals surface area contributed by atoms with Gasteiger partial charge in [0.1, 0.15) is 5.69 Å². The zero-order valence-electron chi connectivity index (χ0n) is 23.2. The van der Waals surface area contributed by atoms with E-state index in [-0.39, 0.29) is 36.0 Å². The van der Waals surface area contributed by atoms with Crippen LogP contribution >= 0.6 is 0 Å². The van der Waals surface area contributed by atoms with Gasteiger partial charge in [0.2, 0.25) is 17.7 Å². The molecule has 3 rings (SSSR count). The Hall–Kier alpha value is -3.99. The van der Waals surface area contributed by atoms with Gasteiger partial charge in [-0.2, -0.15) is 4.98 Å². The molecule has 39 heavy (non-hydrogen) atoms. The number of ether oxygens (including phenoxy) is 1. The molecule has 4 N–H and O–H groups in total. The maximum Gasteiger partial charge on any atom is 0.271 e. The Balaban J connectivity index is 1.55. The van der Waals surface area contributed by atoms with Crippen LogP contribution < -0.4 is 21.1 Å². The highest BCUT2D eigenvalue weighted by molar-refractivity contribution is 5.96. The Morgan fingerprint density at radius 3 is 2.64 bits per heavy atom. The van der Waals surface area contributed by atoms with Gasteiger partial charge in [0.05, 0.1) is 12.6 Å². The second-order valence-electron chi connectivity index (χ2n) is 9.73. The van der Waals surface area contributed by atoms with Crippen LogP contribution in [0.2, 0.25) is 0 Å². The molecule has 0 bridgehead atoms. The SMILES string of the molecule is CCc1nc(C(N)=O)c(Nc2cccc(CCNC(=O)CN(C)C(=O)C=CCN3CCC3)c2)nc1OC(C)C. The van der Waals surface area contributed by atoms with E-state index in [2.05, 4.69) is 25.5 Å². The van der Waals surface area contributed by atoms with E-state index in [1.54, 1.807) is 7.05 Å². The van der Waals surface area contributed by atoms with Gasteiger partial charge >= 0.3 is 0 Å². The van der Waals surface area contributed by atoms with Crippen LogP contribution in [0.5, 0.6) is 5.88 Å². The van der Waals surface area contributed by atoms with Gasteiger partial charge < -0.3 is 26.0 Å². The third-order valence-electron chi connectivity index (χ3n) is 6.10. The minimum absolute atomic E-state index is 0.0163. The van der Waals surface area contributed by atoms with Crippen molar-refractivity contribution >= 4 is 29.2 Å². The van der Waals surface area contributed by atoms with Crippen molar-refractivity contribution in [3.8, 4) is 5.88 Å². The summed E-state index contributed by atoms with van der Waals surface area (Å²) >= 11 is 0. The number of primary amides is 1. The number of carbonyl (C=O) groups excluding carboxylic acids is 3. The molecule has 210 valence electrons. The molecular weight excluding hydrogens is 498 g/mol. The molecule has 1 aromatic carbocycles. The molecule has 1 aromatic heterocycles. The number of rotatable bonds is 14. The summed E-state index contributed by atoms with van der Waals surface area (Å²) < 4.78 is 5.79. The van der Waals surface area contributed by atoms with Crippen molar-refractivity contribution in [2.45, 2.75) is 46.1 Å². The maximum atomic E-state index is 12.3. The first-order valence-corrected chi connectivity index (χ1v) is 13.3. The topological polar surface area (TPSA) is 143 Å². The lowest BCUT2D eigenvalue weighted by molar-refractivity contribution is -0.131. The molecule has 11 nitrogen and oxygen atoms in total. The van der Waals surface area contributed by atoms with Gasteiger partial charge in [-0.1, -0.05) is 25.1 Å². The van der Waals surface area contributed by atoms with Crippen molar-refractivity contribution in [2.24, 2.45) is 5.73 Å². The predicted molar refractivity (Wildman–Crippen MR) is 150 cm³/mol. The van der Waals surface area contributed by atoms with Crippen molar-refractivity contribution in [1.82, 2.24) is 25.1 Å². The smallest absolute Gasteiger partial charge is 0.271 e. The summed E-state index contributed by atoms with van der Waals surface area (Å²) in [5.41, 5.74) is 7.81. The summed E-state index contributed by atoms with van der Waals surface area (Å²) in [6, 6.07) is 7.53. The van der Waals surface area contributed by atoms with Crippen LogP contribution in [-0.4, -0.2) is 83.4 Å². The molecule has 0 saturated carbocycles. The Kier molecular flexibility index (Phi) is 10.8. The number of likely N-dealkylation sites (tertiary alicyclic amines) is 1. The molecule has 1 aliphatic rings. The molecule has 0 unspecified atom stereocenters. The van der Waals surface area contributed by atoms with Crippen LogP contribution in [-0.2, 0) is 22.4 Å². The molecule has 3 amide bonds. The number of likely N-dealkylation sites (N-methyl/N-ethyl adjacent to an activating group) is 1. The van der Waals surface area contributed by atoms with E-state index < -0.39 is 5.91 Å². The number of amides is 3. The van der Waals surface area contributed by atoms with Crippen molar-refractivity contribution in [1.29, 1.82) is 0 Å². The van der Waals surface area contributed by atoms with E-state index in [0.717, 1.165) is 25.2 Å². The largest absolute Gasteiger partial charge is 0.474 e. The van der Waals surface area contributed by atoms with Gasteiger partial charge in [-0.15, -0.1) is 0 Å². The number of anilines is 2. The Labute approximate surface area is 229 Å². The number of benzene rings is 1. The van der Waals surface area contributed by atoms with E-state index in [4.69, 9.17) is 10.5 Å². The van der Waals surface area contributed by atoms with Crippen molar-refractivity contribution in [3.63, 3.8) is 0 Å². The van der Waals surface area contributed by atoms with Crippen LogP contribution in [0.3, 0.4) is 0 Å². The molecule has 2 heterocycles. The molecule has 0 aliphatic carbocycles. The normalized spacial score (nSPS) is 13.3. The maximum absolute atomic E-state index is 12.3. The van der Waals surface area contributed by atoms with Gasteiger partial charge in [0.15, 0.2) is 11.5 Å². The quantitative estimate of drug-likeness (QED) is 0.311. The van der Waals surface area contributed by atoms with Gasteiger partial charge in [0, 0.05) is 31.9 Å². The first-order valence-electron chi connectivity index (χ1n) is 13.3. The minimum Gasteiger partial charge on any atom is -0.474 e. The first kappa shape index (κ1) is 29.6. The van der Waals surface area contributed by atoms with Crippen LogP contribution in [0.1, 0.15) is 48.9 Å². The van der Waals surface area contributed by atoms with E-state index >= 15 is 0 Å². The van der Waals surface area contributed by atoms with Gasteiger partial charge in [-0.05, 0) is 63.9 Å². The lowest BCUT2D eigenvalue weighted by Gasteiger charge is -2.29. The average molecular weight is 538 g/mol. The number of nitrogens with zero attached hydrogens (tertiary/aromatic N) is 4. The highest BCUT2D eigenvalue weighted by Crippen LogP contribution is 2.25. The first-order chi connectivity index (χ1) is 18.7. The van der Waals surface area contributed by atoms with E-state index in [0.29, 0.717) is 36.6 Å². The second-order valence-corrected chi connectivity index (χ2v) is 9.73. The fourth-order valence-electron chi connectivity index (χ4n) is 3.89. The number of hydrogen-bond acceptors (Lipinski definition) is 8. The van der Waals surface area contributed by atoms with Crippen molar-refractivity contribution in [2.75, 3.05) is 45.1 Å². The Bertz CT molecular complexity index is 1190. The van der Waals surface area contributed by atoms with Crippen molar-refractivity contribution < 1.29 is 19.1 Å². The van der Waals surface area contributed by atoms with Crippen molar-refractivity contribution in [3.05, 3.63) is 53.4 Å². The van der Waals surface area contributed by atoms with Crippen LogP contribution in [0.25, 0.3) is 0 Å². The molecule has 0 atom stereocenters. The molecule has 1 aliphatic heterocycles. The standard InChI is InChI=1S/C28H39N7O4/c1-5-22-28(39-19(2)3)33-27(25(32-22)26(29)38)31-21-10-6-9-20(17-21)12-13-30-23(36)18-34(4)24(37)11-7-14-35-15-8-16-35/h6-7,9-11,17,19H,5,8,12-16,18H2,1-4H3,(H2,29,38)(H,30,36)(H,31,33). The number of aryl methyl sites for hydroxylation is 1. The van der Waals surface area contributed by atoms with E-state index in [1.807, 2.05) is 51.1 Å². The van der Waals surface area contributed by atoms with Gasteiger partial charge in [-0.3, -0.25) is 19.3 Å². The van der Waals surface area contributed by atoms with Crippen LogP contribution in [0.15, 0.2) is 36.4 Å². The lowest BCUT2D eigenvalue weighted by Crippen LogP contribution is -2.39. The van der Waals surface area contributed by atoms with Crippen LogP contribution in [0.4, 0.5) is 11.5 Å². The molecule has 0 radical (unpaired) electrons. The fraction of sp³-hybridized carbons (Fsp3) is 0.464. The summed E-state index contributed by atoms with van der Waals surface area (Å²) in [7, 11) is 1.61. The predicted octanol–water partition coefficient (Wildman–Crippen LogP) is 2.05. The number of carbonyl (C=O) groups is 3. The average Bonchev–Trinajstić information content (AvgIpc) is 2.85. The molecule has 1 saturated heterocycles. The summed E-state index contributed by atoms with van der Waals surface area (Å²) in [4.78, 5) is 49.1. The number of hydrogen-bond donors (Lipinski definition) is 3. The summed E-state index contributed by atoms with van der Waals surface area (Å²) in [6.07, 6.45) is 5.56. The molecule has 11 heteroatoms. The zero-order valence-corrected chi connectivity index (χ0v) is 23.2. The molecule has 2 aromatic rings. The third-order valence-corrected chi connectivity index (χ3v) is 6.10. The summed E-state index contributed by atoms with van der Waals surface area (Å²) in [6.45, 7) is 8.96. The number of nitrogens with one attached hydrogen (secondary N) is 2. The minimum atomic E-state index is -0.690.